The first kappa shape index (κ1) is 43.4. The fourth-order valence-corrected chi connectivity index (χ4v) is 3.97. The van der Waals surface area contributed by atoms with Crippen LogP contribution in [0.2, 0.25) is 0 Å². The van der Waals surface area contributed by atoms with Gasteiger partial charge in [-0.3, -0.25) is 33.8 Å². The van der Waals surface area contributed by atoms with Crippen molar-refractivity contribution in [2.24, 2.45) is 34.0 Å². The van der Waals surface area contributed by atoms with Crippen LogP contribution in [0, 0.1) is 11.8 Å². The minimum Gasteiger partial charge on any atom is -0.480 e. The van der Waals surface area contributed by atoms with E-state index in [0.717, 1.165) is 0 Å². The Morgan fingerprint density at radius 2 is 1.29 bits per heavy atom. The average Bonchev–Trinajstić information content (AvgIpc) is 2.99. The van der Waals surface area contributed by atoms with Crippen molar-refractivity contribution in [1.29, 1.82) is 0 Å². The number of nitrogens with one attached hydrogen (secondary N) is 6. The highest BCUT2D eigenvalue weighted by Crippen LogP contribution is 2.09. The molecule has 6 amide bonds. The van der Waals surface area contributed by atoms with E-state index in [1.54, 1.807) is 27.7 Å². The molecular formula is C28H52N10O10. The highest BCUT2D eigenvalue weighted by molar-refractivity contribution is 5.96. The number of nitrogens with zero attached hydrogens (tertiary/aromatic N) is 1. The summed E-state index contributed by atoms with van der Waals surface area (Å²) in [7, 11) is 0. The molecule has 0 aromatic rings. The lowest BCUT2D eigenvalue weighted by Crippen LogP contribution is -2.59. The van der Waals surface area contributed by atoms with E-state index < -0.39 is 103 Å². The zero-order valence-electron chi connectivity index (χ0n) is 27.9. The number of rotatable bonds is 22. The van der Waals surface area contributed by atoms with Crippen molar-refractivity contribution in [3.63, 3.8) is 0 Å². The van der Waals surface area contributed by atoms with Gasteiger partial charge in [-0.15, -0.1) is 0 Å². The summed E-state index contributed by atoms with van der Waals surface area (Å²) in [5, 5.41) is 42.7. The molecule has 0 radical (unpaired) electrons. The number of carboxylic acid groups (broad SMARTS) is 1. The van der Waals surface area contributed by atoms with E-state index >= 15 is 0 Å². The topological polar surface area (TPSA) is 343 Å². The lowest BCUT2D eigenvalue weighted by Gasteiger charge is -2.28. The molecule has 0 aliphatic heterocycles. The molecule has 0 spiro atoms. The predicted molar refractivity (Wildman–Crippen MR) is 172 cm³/mol. The van der Waals surface area contributed by atoms with Gasteiger partial charge in [-0.2, -0.15) is 0 Å². The Bertz CT molecular complexity index is 1140. The van der Waals surface area contributed by atoms with Gasteiger partial charge in [0.25, 0.3) is 0 Å². The lowest BCUT2D eigenvalue weighted by atomic mass is 9.99. The normalized spacial score (nSPS) is 14.7. The summed E-state index contributed by atoms with van der Waals surface area (Å²) in [6, 6.07) is -6.48. The second kappa shape index (κ2) is 22.1. The fourth-order valence-electron chi connectivity index (χ4n) is 3.97. The van der Waals surface area contributed by atoms with Crippen LogP contribution in [-0.2, 0) is 33.6 Å². The molecule has 20 heteroatoms. The molecule has 0 rings (SSSR count). The zero-order chi connectivity index (χ0) is 37.1. The molecular weight excluding hydrogens is 636 g/mol. The summed E-state index contributed by atoms with van der Waals surface area (Å²) in [4.78, 5) is 90.9. The molecule has 0 aliphatic carbocycles. The first-order valence-corrected chi connectivity index (χ1v) is 15.4. The van der Waals surface area contributed by atoms with Crippen LogP contribution in [0.1, 0.15) is 53.9 Å². The molecule has 0 unspecified atom stereocenters. The van der Waals surface area contributed by atoms with Crippen LogP contribution in [0.3, 0.4) is 0 Å². The van der Waals surface area contributed by atoms with Crippen molar-refractivity contribution >= 4 is 47.4 Å². The van der Waals surface area contributed by atoms with Crippen molar-refractivity contribution < 1.29 is 48.9 Å². The number of hydrogen-bond acceptors (Lipinski definition) is 11. The molecule has 0 bridgehead atoms. The van der Waals surface area contributed by atoms with Crippen molar-refractivity contribution in [3.8, 4) is 0 Å². The third-order valence-corrected chi connectivity index (χ3v) is 6.67. The van der Waals surface area contributed by atoms with Crippen LogP contribution in [0.15, 0.2) is 4.99 Å². The molecule has 274 valence electrons. The van der Waals surface area contributed by atoms with Crippen LogP contribution in [0.5, 0.6) is 0 Å². The maximum atomic E-state index is 13.3. The lowest BCUT2D eigenvalue weighted by molar-refractivity contribution is -0.143. The molecule has 20 nitrogen and oxygen atoms in total. The van der Waals surface area contributed by atoms with E-state index in [1.165, 1.54) is 6.92 Å². The monoisotopic (exact) mass is 688 g/mol. The molecule has 0 aliphatic rings. The first-order chi connectivity index (χ1) is 22.3. The van der Waals surface area contributed by atoms with Crippen LogP contribution in [0.25, 0.3) is 0 Å². The van der Waals surface area contributed by atoms with Gasteiger partial charge in [-0.1, -0.05) is 27.7 Å². The van der Waals surface area contributed by atoms with E-state index in [9.17, 15) is 48.9 Å². The minimum absolute atomic E-state index is 0.00975. The number of aliphatic carboxylic acids is 1. The summed E-state index contributed by atoms with van der Waals surface area (Å²) in [6.07, 6.45) is -0.794. The van der Waals surface area contributed by atoms with Gasteiger partial charge in [0.2, 0.25) is 35.4 Å². The quantitative estimate of drug-likeness (QED) is 0.0288. The van der Waals surface area contributed by atoms with Crippen LogP contribution in [0.4, 0.5) is 0 Å². The molecule has 0 fully saturated rings. The van der Waals surface area contributed by atoms with E-state index in [2.05, 4.69) is 36.9 Å². The van der Waals surface area contributed by atoms with Crippen LogP contribution >= 0.6 is 0 Å². The molecule has 0 heterocycles. The van der Waals surface area contributed by atoms with Crippen LogP contribution < -0.4 is 49.1 Å². The van der Waals surface area contributed by atoms with Gasteiger partial charge in [0, 0.05) is 6.54 Å². The number of aliphatic hydroxyl groups is 2. The third-order valence-electron chi connectivity index (χ3n) is 6.67. The average molecular weight is 689 g/mol. The Labute approximate surface area is 278 Å². The second-order valence-corrected chi connectivity index (χ2v) is 11.8. The van der Waals surface area contributed by atoms with Crippen molar-refractivity contribution in [2.75, 3.05) is 26.2 Å². The molecule has 48 heavy (non-hydrogen) atoms. The summed E-state index contributed by atoms with van der Waals surface area (Å²) in [5.41, 5.74) is 16.0. The van der Waals surface area contributed by atoms with Gasteiger partial charge >= 0.3 is 5.97 Å². The van der Waals surface area contributed by atoms with Crippen molar-refractivity contribution in [3.05, 3.63) is 0 Å². The number of amides is 6. The van der Waals surface area contributed by atoms with Crippen molar-refractivity contribution in [1.82, 2.24) is 31.9 Å². The van der Waals surface area contributed by atoms with Gasteiger partial charge < -0.3 is 64.4 Å². The Morgan fingerprint density at radius 3 is 1.79 bits per heavy atom. The largest absolute Gasteiger partial charge is 0.480 e. The van der Waals surface area contributed by atoms with Gasteiger partial charge in [-0.25, -0.2) is 4.79 Å². The number of hydrogen-bond donors (Lipinski definition) is 12. The highest BCUT2D eigenvalue weighted by Gasteiger charge is 2.33. The summed E-state index contributed by atoms with van der Waals surface area (Å²) >= 11 is 0. The predicted octanol–water partition coefficient (Wildman–Crippen LogP) is -5.30. The highest BCUT2D eigenvalue weighted by atomic mass is 16.4. The molecule has 0 saturated carbocycles. The Balaban J connectivity index is 5.38. The van der Waals surface area contributed by atoms with E-state index in [4.69, 9.17) is 17.2 Å². The smallest absolute Gasteiger partial charge is 0.326 e. The molecule has 15 N–H and O–H groups in total. The Hall–Kier alpha value is -4.56. The summed E-state index contributed by atoms with van der Waals surface area (Å²) in [6.45, 7) is 6.19. The van der Waals surface area contributed by atoms with Crippen LogP contribution in [-0.4, -0.2) is 125 Å². The number of aliphatic hydroxyl groups excluding tert-OH is 2. The number of carbonyl (C=O) groups is 7. The molecule has 6 atom stereocenters. The van der Waals surface area contributed by atoms with Gasteiger partial charge in [0.15, 0.2) is 5.96 Å². The first-order valence-electron chi connectivity index (χ1n) is 15.4. The molecule has 0 aromatic carbocycles. The SMILES string of the molecule is CC(C)C[C@H](NC(=O)[C@H](CO)NC(=O)CNC(=O)CNC(=O)[C@@H](N)[C@@H](C)O)C(=O)N[C@H](C(=O)N[C@@H](CCCN=C(N)N)C(=O)O)C(C)C. The Kier molecular flexibility index (Phi) is 20.0. The number of carboxylic acids is 1. The number of nitrogens with two attached hydrogens (primary N) is 3. The summed E-state index contributed by atoms with van der Waals surface area (Å²) in [5.74, 6) is -7.01. The van der Waals surface area contributed by atoms with E-state index in [0.29, 0.717) is 0 Å². The maximum Gasteiger partial charge on any atom is 0.326 e. The molecule has 0 aromatic heterocycles. The standard InChI is InChI=1S/C28H52N10O10/c1-13(2)9-17(23(43)38-22(14(3)4)26(46)36-16(27(47)48)7-6-8-32-28(30)31)37-24(44)18(12-39)35-20(42)11-33-19(41)10-34-25(45)21(29)15(5)40/h13-18,21-22,39-40H,6-12,29H2,1-5H3,(H,33,41)(H,34,45)(H,35,42)(H,36,46)(H,37,44)(H,38,43)(H,47,48)(H4,30,31,32)/t15-,16+,17+,18+,21+,22+/m1/s1. The number of guanidine groups is 1. The third kappa shape index (κ3) is 17.4. The summed E-state index contributed by atoms with van der Waals surface area (Å²) < 4.78 is 0. The second-order valence-electron chi connectivity index (χ2n) is 11.8. The Morgan fingerprint density at radius 1 is 0.729 bits per heavy atom. The fraction of sp³-hybridized carbons (Fsp3) is 0.714. The zero-order valence-corrected chi connectivity index (χ0v) is 27.9. The maximum absolute atomic E-state index is 13.3. The van der Waals surface area contributed by atoms with Gasteiger partial charge in [-0.05, 0) is 38.0 Å². The van der Waals surface area contributed by atoms with Crippen molar-refractivity contribution in [2.45, 2.75) is 90.2 Å². The minimum atomic E-state index is -1.53. The van der Waals surface area contributed by atoms with E-state index in [1.807, 2.05) is 0 Å². The molecule has 0 saturated heterocycles. The number of carbonyl (C=O) groups excluding carboxylic acids is 6. The number of aliphatic imine (C=N–C) groups is 1. The van der Waals surface area contributed by atoms with Gasteiger partial charge in [0.05, 0.1) is 25.8 Å². The van der Waals surface area contributed by atoms with Gasteiger partial charge in [0.1, 0.15) is 30.2 Å². The van der Waals surface area contributed by atoms with E-state index in [-0.39, 0.29) is 37.7 Å².